The molecule has 0 aliphatic carbocycles. The monoisotopic (exact) mass is 242 g/mol. The van der Waals surface area contributed by atoms with E-state index in [0.29, 0.717) is 12.1 Å². The summed E-state index contributed by atoms with van der Waals surface area (Å²) in [5.74, 6) is -0.252. The van der Waals surface area contributed by atoms with E-state index in [1.807, 2.05) is 0 Å². The molecule has 0 saturated carbocycles. The molecule has 0 aliphatic heterocycles. The van der Waals surface area contributed by atoms with Crippen LogP contribution >= 0.6 is 15.9 Å². The van der Waals surface area contributed by atoms with Crippen LogP contribution in [0, 0.1) is 5.82 Å². The lowest BCUT2D eigenvalue weighted by Crippen LogP contribution is -1.94. The summed E-state index contributed by atoms with van der Waals surface area (Å²) in [6, 6.07) is 3.11. The maximum atomic E-state index is 13.2. The summed E-state index contributed by atoms with van der Waals surface area (Å²) in [6.07, 6.45) is 1.73. The Balaban J connectivity index is 2.87. The third-order valence-electron chi connectivity index (χ3n) is 2.04. The quantitative estimate of drug-likeness (QED) is 0.793. The molecule has 0 saturated heterocycles. The molecule has 1 heterocycles. The van der Waals surface area contributed by atoms with Gasteiger partial charge in [-0.3, -0.25) is 0 Å². The molecule has 4 heteroatoms. The first-order valence-corrected chi connectivity index (χ1v) is 4.67. The summed E-state index contributed by atoms with van der Waals surface area (Å²) in [5.41, 5.74) is 6.94. The number of H-pyrrole nitrogens is 1. The van der Waals surface area contributed by atoms with Crippen molar-refractivity contribution in [3.05, 3.63) is 34.2 Å². The Morgan fingerprint density at radius 1 is 1.46 bits per heavy atom. The van der Waals surface area contributed by atoms with Crippen LogP contribution in [-0.2, 0) is 6.54 Å². The number of benzene rings is 1. The first-order valence-electron chi connectivity index (χ1n) is 3.88. The van der Waals surface area contributed by atoms with Gasteiger partial charge in [0, 0.05) is 22.6 Å². The van der Waals surface area contributed by atoms with Gasteiger partial charge < -0.3 is 10.7 Å². The van der Waals surface area contributed by atoms with Gasteiger partial charge in [-0.25, -0.2) is 4.39 Å². The average molecular weight is 243 g/mol. The molecule has 2 nitrogen and oxygen atoms in total. The predicted molar refractivity (Wildman–Crippen MR) is 53.8 cm³/mol. The van der Waals surface area contributed by atoms with Crippen molar-refractivity contribution in [3.8, 4) is 0 Å². The summed E-state index contributed by atoms with van der Waals surface area (Å²) in [6.45, 7) is 0.405. The predicted octanol–water partition coefficient (Wildman–Crippen LogP) is 2.53. The molecule has 1 aromatic heterocycles. The number of nitrogens with two attached hydrogens (primary N) is 1. The van der Waals surface area contributed by atoms with E-state index in [2.05, 4.69) is 20.9 Å². The molecule has 2 aromatic rings. The summed E-state index contributed by atoms with van der Waals surface area (Å²) in [5, 5.41) is 0.836. The van der Waals surface area contributed by atoms with Crippen LogP contribution in [0.2, 0.25) is 0 Å². The van der Waals surface area contributed by atoms with Gasteiger partial charge in [-0.15, -0.1) is 0 Å². The topological polar surface area (TPSA) is 41.8 Å². The molecule has 0 radical (unpaired) electrons. The SMILES string of the molecule is NCc1c[nH]c2c(F)ccc(Br)c12. The van der Waals surface area contributed by atoms with Crippen LogP contribution in [0.15, 0.2) is 22.8 Å². The second-order valence-corrected chi connectivity index (χ2v) is 3.65. The number of hydrogen-bond acceptors (Lipinski definition) is 1. The minimum atomic E-state index is -0.252. The second kappa shape index (κ2) is 3.12. The number of aromatic nitrogens is 1. The molecule has 0 amide bonds. The molecule has 1 aromatic carbocycles. The average Bonchev–Trinajstić information content (AvgIpc) is 2.56. The Labute approximate surface area is 83.1 Å². The van der Waals surface area contributed by atoms with Crippen molar-refractivity contribution >= 4 is 26.8 Å². The molecule has 0 unspecified atom stereocenters. The third-order valence-corrected chi connectivity index (χ3v) is 2.70. The van der Waals surface area contributed by atoms with Crippen LogP contribution in [-0.4, -0.2) is 4.98 Å². The third kappa shape index (κ3) is 1.26. The highest BCUT2D eigenvalue weighted by atomic mass is 79.9. The summed E-state index contributed by atoms with van der Waals surface area (Å²) >= 11 is 3.36. The molecule has 0 aliphatic rings. The van der Waals surface area contributed by atoms with Gasteiger partial charge in [-0.05, 0) is 17.7 Å². The van der Waals surface area contributed by atoms with Gasteiger partial charge in [0.05, 0.1) is 5.52 Å². The molecule has 0 atom stereocenters. The van der Waals surface area contributed by atoms with Crippen LogP contribution in [0.3, 0.4) is 0 Å². The van der Waals surface area contributed by atoms with Crippen molar-refractivity contribution in [1.29, 1.82) is 0 Å². The first kappa shape index (κ1) is 8.72. The van der Waals surface area contributed by atoms with Gasteiger partial charge in [0.25, 0.3) is 0 Å². The number of rotatable bonds is 1. The highest BCUT2D eigenvalue weighted by molar-refractivity contribution is 9.10. The van der Waals surface area contributed by atoms with Gasteiger partial charge in [-0.1, -0.05) is 15.9 Å². The number of halogens is 2. The van der Waals surface area contributed by atoms with Crippen molar-refractivity contribution in [2.75, 3.05) is 0 Å². The molecular weight excluding hydrogens is 235 g/mol. The van der Waals surface area contributed by atoms with Gasteiger partial charge in [-0.2, -0.15) is 0 Å². The Hall–Kier alpha value is -0.870. The largest absolute Gasteiger partial charge is 0.358 e. The molecule has 3 N–H and O–H groups in total. The Bertz CT molecular complexity index is 450. The van der Waals surface area contributed by atoms with Crippen molar-refractivity contribution in [2.24, 2.45) is 5.73 Å². The van der Waals surface area contributed by atoms with Crippen molar-refractivity contribution < 1.29 is 4.39 Å². The van der Waals surface area contributed by atoms with Crippen LogP contribution in [0.25, 0.3) is 10.9 Å². The van der Waals surface area contributed by atoms with Crippen LogP contribution < -0.4 is 5.73 Å². The highest BCUT2D eigenvalue weighted by Crippen LogP contribution is 2.28. The van der Waals surface area contributed by atoms with E-state index in [4.69, 9.17) is 5.73 Å². The van der Waals surface area contributed by atoms with Gasteiger partial charge in [0.1, 0.15) is 5.82 Å². The van der Waals surface area contributed by atoms with Crippen LogP contribution in [0.1, 0.15) is 5.56 Å². The number of aromatic amines is 1. The maximum Gasteiger partial charge on any atom is 0.147 e. The van der Waals surface area contributed by atoms with Crippen molar-refractivity contribution in [1.82, 2.24) is 4.98 Å². The Kier molecular flexibility index (Phi) is 2.09. The van der Waals surface area contributed by atoms with E-state index in [9.17, 15) is 4.39 Å². The standard InChI is InChI=1S/C9H8BrFN2/c10-6-1-2-7(11)9-8(6)5(3-12)4-13-9/h1-2,4,13H,3,12H2. The van der Waals surface area contributed by atoms with E-state index < -0.39 is 0 Å². The zero-order chi connectivity index (χ0) is 9.42. The number of fused-ring (bicyclic) bond motifs is 1. The minimum absolute atomic E-state index is 0.252. The van der Waals surface area contributed by atoms with E-state index in [0.717, 1.165) is 15.4 Å². The smallest absolute Gasteiger partial charge is 0.147 e. The van der Waals surface area contributed by atoms with E-state index in [1.54, 1.807) is 12.3 Å². The van der Waals surface area contributed by atoms with E-state index in [-0.39, 0.29) is 5.82 Å². The maximum absolute atomic E-state index is 13.2. The van der Waals surface area contributed by atoms with Crippen LogP contribution in [0.5, 0.6) is 0 Å². The lowest BCUT2D eigenvalue weighted by Gasteiger charge is -1.98. The molecule has 0 fully saturated rings. The summed E-state index contributed by atoms with van der Waals surface area (Å²) in [4.78, 5) is 2.86. The van der Waals surface area contributed by atoms with E-state index >= 15 is 0 Å². The fourth-order valence-corrected chi connectivity index (χ4v) is 1.98. The normalized spacial score (nSPS) is 11.0. The molecule has 2 rings (SSSR count). The zero-order valence-electron chi connectivity index (χ0n) is 6.77. The highest BCUT2D eigenvalue weighted by Gasteiger charge is 2.09. The van der Waals surface area contributed by atoms with E-state index in [1.165, 1.54) is 6.07 Å². The Morgan fingerprint density at radius 3 is 2.92 bits per heavy atom. The van der Waals surface area contributed by atoms with Crippen molar-refractivity contribution in [3.63, 3.8) is 0 Å². The summed E-state index contributed by atoms with van der Waals surface area (Å²) < 4.78 is 14.1. The van der Waals surface area contributed by atoms with Gasteiger partial charge in [0.2, 0.25) is 0 Å². The van der Waals surface area contributed by atoms with Gasteiger partial charge >= 0.3 is 0 Å². The minimum Gasteiger partial charge on any atom is -0.358 e. The van der Waals surface area contributed by atoms with Crippen molar-refractivity contribution in [2.45, 2.75) is 6.54 Å². The van der Waals surface area contributed by atoms with Crippen LogP contribution in [0.4, 0.5) is 4.39 Å². The number of hydrogen-bond donors (Lipinski definition) is 2. The lowest BCUT2D eigenvalue weighted by atomic mass is 10.2. The molecular formula is C9H8BrFN2. The fourth-order valence-electron chi connectivity index (χ4n) is 1.40. The fraction of sp³-hybridized carbons (Fsp3) is 0.111. The zero-order valence-corrected chi connectivity index (χ0v) is 8.36. The number of nitrogens with one attached hydrogen (secondary N) is 1. The molecule has 13 heavy (non-hydrogen) atoms. The molecule has 0 spiro atoms. The Morgan fingerprint density at radius 2 is 2.23 bits per heavy atom. The second-order valence-electron chi connectivity index (χ2n) is 2.80. The lowest BCUT2D eigenvalue weighted by molar-refractivity contribution is 0.637. The molecule has 0 bridgehead atoms. The summed E-state index contributed by atoms with van der Waals surface area (Å²) in [7, 11) is 0. The first-order chi connectivity index (χ1) is 6.24. The van der Waals surface area contributed by atoms with Gasteiger partial charge in [0.15, 0.2) is 0 Å². The molecule has 68 valence electrons.